The maximum atomic E-state index is 11.1. The van der Waals surface area contributed by atoms with Gasteiger partial charge in [0.2, 0.25) is 0 Å². The minimum atomic E-state index is -0.304. The highest BCUT2D eigenvalue weighted by atomic mass is 16.6. The van der Waals surface area contributed by atoms with Gasteiger partial charge in [0.25, 0.3) is 5.69 Å². The second-order valence-electron chi connectivity index (χ2n) is 6.21. The van der Waals surface area contributed by atoms with Crippen LogP contribution in [-0.2, 0) is 6.54 Å². The number of nitrogens with one attached hydrogen (secondary N) is 1. The summed E-state index contributed by atoms with van der Waals surface area (Å²) < 4.78 is 0. The second-order valence-corrected chi connectivity index (χ2v) is 6.21. The third-order valence-electron chi connectivity index (χ3n) is 5.04. The Morgan fingerprint density at radius 1 is 1.43 bits per heavy atom. The van der Waals surface area contributed by atoms with Crippen LogP contribution >= 0.6 is 0 Å². The number of aryl methyl sites for hydroxylation is 1. The van der Waals surface area contributed by atoms with E-state index in [-0.39, 0.29) is 10.6 Å². The van der Waals surface area contributed by atoms with Crippen LogP contribution in [0.15, 0.2) is 6.20 Å². The number of nitro groups is 1. The van der Waals surface area contributed by atoms with E-state index in [9.17, 15) is 10.1 Å². The van der Waals surface area contributed by atoms with Crippen molar-refractivity contribution in [2.24, 2.45) is 11.8 Å². The van der Waals surface area contributed by atoms with Gasteiger partial charge in [-0.05, 0) is 38.5 Å². The fourth-order valence-electron chi connectivity index (χ4n) is 3.56. The molecule has 116 valence electrons. The minimum Gasteiger partial charge on any atom is -0.308 e. The molecular formula is C16H25N3O2. The van der Waals surface area contributed by atoms with Crippen LogP contribution < -0.4 is 5.32 Å². The van der Waals surface area contributed by atoms with Crippen molar-refractivity contribution in [1.82, 2.24) is 10.3 Å². The van der Waals surface area contributed by atoms with E-state index < -0.39 is 0 Å². The molecule has 21 heavy (non-hydrogen) atoms. The van der Waals surface area contributed by atoms with Crippen LogP contribution in [0.3, 0.4) is 0 Å². The van der Waals surface area contributed by atoms with E-state index in [4.69, 9.17) is 0 Å². The Balaban J connectivity index is 2.08. The summed E-state index contributed by atoms with van der Waals surface area (Å²) >= 11 is 0. The van der Waals surface area contributed by atoms with Crippen LogP contribution in [-0.4, -0.2) is 15.9 Å². The Morgan fingerprint density at radius 3 is 2.71 bits per heavy atom. The smallest absolute Gasteiger partial charge is 0.278 e. The molecule has 5 heteroatoms. The molecule has 0 bridgehead atoms. The molecule has 5 nitrogen and oxygen atoms in total. The van der Waals surface area contributed by atoms with Gasteiger partial charge in [0.05, 0.1) is 10.6 Å². The Hall–Kier alpha value is -1.49. The first-order valence-electron chi connectivity index (χ1n) is 7.78. The number of pyridine rings is 1. The number of hydrogen-bond donors (Lipinski definition) is 1. The molecule has 0 radical (unpaired) electrons. The molecule has 1 aromatic heterocycles. The maximum Gasteiger partial charge on any atom is 0.278 e. The second kappa shape index (κ2) is 6.52. The average Bonchev–Trinajstić information content (AvgIpc) is 2.78. The zero-order chi connectivity index (χ0) is 15.6. The molecule has 1 aliphatic carbocycles. The van der Waals surface area contributed by atoms with Crippen molar-refractivity contribution in [3.8, 4) is 0 Å². The lowest BCUT2D eigenvalue weighted by Crippen LogP contribution is -2.32. The summed E-state index contributed by atoms with van der Waals surface area (Å²) in [6.45, 7) is 8.69. The third kappa shape index (κ3) is 3.23. The molecule has 1 fully saturated rings. The summed E-state index contributed by atoms with van der Waals surface area (Å²) in [5, 5.41) is 14.7. The van der Waals surface area contributed by atoms with Gasteiger partial charge in [0.15, 0.2) is 0 Å². The monoisotopic (exact) mass is 291 g/mol. The molecule has 0 saturated heterocycles. The lowest BCUT2D eigenvalue weighted by Gasteiger charge is -2.21. The van der Waals surface area contributed by atoms with Crippen molar-refractivity contribution in [1.29, 1.82) is 0 Å². The molecule has 3 atom stereocenters. The van der Waals surface area contributed by atoms with Crippen molar-refractivity contribution in [3.05, 3.63) is 33.1 Å². The van der Waals surface area contributed by atoms with Crippen LogP contribution in [0.5, 0.6) is 0 Å². The van der Waals surface area contributed by atoms with Crippen LogP contribution in [0.25, 0.3) is 0 Å². The van der Waals surface area contributed by atoms with Gasteiger partial charge in [-0.3, -0.25) is 15.1 Å². The normalized spacial score (nSPS) is 25.2. The molecule has 1 aliphatic rings. The molecule has 0 aromatic carbocycles. The van der Waals surface area contributed by atoms with E-state index in [1.807, 2.05) is 0 Å². The number of nitrogens with zero attached hydrogens (tertiary/aromatic N) is 2. The molecular weight excluding hydrogens is 266 g/mol. The van der Waals surface area contributed by atoms with Gasteiger partial charge in [-0.15, -0.1) is 0 Å². The third-order valence-corrected chi connectivity index (χ3v) is 5.04. The highest BCUT2D eigenvalue weighted by Gasteiger charge is 2.31. The molecule has 1 heterocycles. The molecule has 0 spiro atoms. The summed E-state index contributed by atoms with van der Waals surface area (Å²) in [7, 11) is 0. The van der Waals surface area contributed by atoms with Gasteiger partial charge >= 0.3 is 0 Å². The fraction of sp³-hybridized carbons (Fsp3) is 0.688. The lowest BCUT2D eigenvalue weighted by atomic mass is 9.93. The van der Waals surface area contributed by atoms with Crippen LogP contribution in [0.1, 0.15) is 49.9 Å². The van der Waals surface area contributed by atoms with E-state index >= 15 is 0 Å². The SMILES string of the molecule is CCC1CCC(NCc2ncc(C)c([N+](=O)[O-])c2C)C1C. The summed E-state index contributed by atoms with van der Waals surface area (Å²) in [5.41, 5.74) is 2.30. The van der Waals surface area contributed by atoms with Gasteiger partial charge in [-0.2, -0.15) is 0 Å². The number of rotatable bonds is 5. The van der Waals surface area contributed by atoms with Gasteiger partial charge in [-0.1, -0.05) is 20.3 Å². The topological polar surface area (TPSA) is 68.1 Å². The summed E-state index contributed by atoms with van der Waals surface area (Å²) in [4.78, 5) is 15.2. The summed E-state index contributed by atoms with van der Waals surface area (Å²) in [6.07, 6.45) is 5.30. The maximum absolute atomic E-state index is 11.1. The minimum absolute atomic E-state index is 0.202. The Labute approximate surface area is 126 Å². The van der Waals surface area contributed by atoms with Gasteiger partial charge in [0, 0.05) is 29.9 Å². The molecule has 1 aromatic rings. The Kier molecular flexibility index (Phi) is 4.93. The van der Waals surface area contributed by atoms with Gasteiger partial charge in [0.1, 0.15) is 0 Å². The predicted molar refractivity (Wildman–Crippen MR) is 83.2 cm³/mol. The first-order valence-corrected chi connectivity index (χ1v) is 7.78. The van der Waals surface area contributed by atoms with E-state index in [0.717, 1.165) is 11.6 Å². The quantitative estimate of drug-likeness (QED) is 0.665. The largest absolute Gasteiger partial charge is 0.308 e. The molecule has 1 saturated carbocycles. The fourth-order valence-corrected chi connectivity index (χ4v) is 3.56. The van der Waals surface area contributed by atoms with E-state index in [0.29, 0.717) is 29.6 Å². The van der Waals surface area contributed by atoms with Gasteiger partial charge in [-0.25, -0.2) is 0 Å². The summed E-state index contributed by atoms with van der Waals surface area (Å²) in [6, 6.07) is 0.497. The first-order chi connectivity index (χ1) is 9.95. The summed E-state index contributed by atoms with van der Waals surface area (Å²) in [5.74, 6) is 1.46. The molecule has 0 aliphatic heterocycles. The highest BCUT2D eigenvalue weighted by Crippen LogP contribution is 2.34. The van der Waals surface area contributed by atoms with Crippen molar-refractivity contribution in [3.63, 3.8) is 0 Å². The lowest BCUT2D eigenvalue weighted by molar-refractivity contribution is -0.386. The number of hydrogen-bond acceptors (Lipinski definition) is 4. The molecule has 3 unspecified atom stereocenters. The van der Waals surface area contributed by atoms with Crippen molar-refractivity contribution in [2.45, 2.75) is 59.5 Å². The highest BCUT2D eigenvalue weighted by molar-refractivity contribution is 5.47. The average molecular weight is 291 g/mol. The zero-order valence-electron chi connectivity index (χ0n) is 13.3. The van der Waals surface area contributed by atoms with E-state index in [1.54, 1.807) is 20.0 Å². The van der Waals surface area contributed by atoms with E-state index in [2.05, 4.69) is 24.1 Å². The molecule has 1 N–H and O–H groups in total. The number of aromatic nitrogens is 1. The van der Waals surface area contributed by atoms with Gasteiger partial charge < -0.3 is 5.32 Å². The Morgan fingerprint density at radius 2 is 2.14 bits per heavy atom. The first kappa shape index (κ1) is 15.9. The van der Waals surface area contributed by atoms with Crippen molar-refractivity contribution < 1.29 is 4.92 Å². The van der Waals surface area contributed by atoms with E-state index in [1.165, 1.54) is 19.3 Å². The van der Waals surface area contributed by atoms with Crippen LogP contribution in [0, 0.1) is 35.8 Å². The zero-order valence-corrected chi connectivity index (χ0v) is 13.3. The van der Waals surface area contributed by atoms with Crippen LogP contribution in [0.2, 0.25) is 0 Å². The molecule has 0 amide bonds. The predicted octanol–water partition coefficient (Wildman–Crippen LogP) is 3.52. The molecule has 2 rings (SSSR count). The van der Waals surface area contributed by atoms with Crippen molar-refractivity contribution in [2.75, 3.05) is 0 Å². The van der Waals surface area contributed by atoms with Crippen molar-refractivity contribution >= 4 is 5.69 Å². The van der Waals surface area contributed by atoms with Crippen LogP contribution in [0.4, 0.5) is 5.69 Å². The Bertz CT molecular complexity index is 530. The standard InChI is InChI=1S/C16H25N3O2/c1-5-13-6-7-14(11(13)3)18-9-15-12(4)16(19(20)21)10(2)8-17-15/h8,11,13-14,18H,5-7,9H2,1-4H3.